The fourth-order valence-electron chi connectivity index (χ4n) is 5.36. The van der Waals surface area contributed by atoms with Crippen molar-refractivity contribution in [2.75, 3.05) is 0 Å². The van der Waals surface area contributed by atoms with E-state index in [1.807, 2.05) is 0 Å². The number of ether oxygens (including phenoxy) is 2. The van der Waals surface area contributed by atoms with Crippen LogP contribution in [0.25, 0.3) is 0 Å². The number of halogens is 9. The van der Waals surface area contributed by atoms with Crippen molar-refractivity contribution in [3.8, 4) is 0 Å². The molecule has 0 saturated heterocycles. The zero-order valence-corrected chi connectivity index (χ0v) is 16.8. The molecule has 0 aromatic rings. The molecule has 7 atom stereocenters. The molecule has 0 aromatic heterocycles. The van der Waals surface area contributed by atoms with Crippen LogP contribution in [0.15, 0.2) is 0 Å². The van der Waals surface area contributed by atoms with Gasteiger partial charge in [0.25, 0.3) is 0 Å². The average molecular weight is 470 g/mol. The summed E-state index contributed by atoms with van der Waals surface area (Å²) in [5, 5.41) is 0. The second-order valence-corrected chi connectivity index (χ2v) is 9.05. The molecule has 3 aliphatic rings. The fraction of sp³-hybridized carbons (Fsp3) is 1.00. The Bertz CT molecular complexity index is 575. The number of hydrogen-bond acceptors (Lipinski definition) is 2. The lowest BCUT2D eigenvalue weighted by molar-refractivity contribution is -0.359. The van der Waals surface area contributed by atoms with E-state index in [9.17, 15) is 39.5 Å². The van der Waals surface area contributed by atoms with Crippen LogP contribution in [0.1, 0.15) is 57.8 Å². The molecule has 3 fully saturated rings. The van der Waals surface area contributed by atoms with Crippen LogP contribution in [0, 0.1) is 17.8 Å². The summed E-state index contributed by atoms with van der Waals surface area (Å²) >= 11 is 0. The summed E-state index contributed by atoms with van der Waals surface area (Å²) in [5.74, 6) is -3.19. The zero-order valence-electron chi connectivity index (χ0n) is 16.8. The first-order chi connectivity index (χ1) is 14.4. The topological polar surface area (TPSA) is 18.5 Å². The van der Waals surface area contributed by atoms with Crippen molar-refractivity contribution >= 4 is 0 Å². The average Bonchev–Trinajstić information content (AvgIpc) is 2.62. The van der Waals surface area contributed by atoms with Crippen LogP contribution < -0.4 is 0 Å². The summed E-state index contributed by atoms with van der Waals surface area (Å²) in [4.78, 5) is 0. The Hall–Kier alpha value is -0.710. The third kappa shape index (κ3) is 6.42. The van der Waals surface area contributed by atoms with Crippen molar-refractivity contribution in [1.82, 2.24) is 0 Å². The Balaban J connectivity index is 1.56. The molecule has 31 heavy (non-hydrogen) atoms. The molecular weight excluding hydrogens is 443 g/mol. The molecule has 0 aromatic carbocycles. The van der Waals surface area contributed by atoms with E-state index in [-0.39, 0.29) is 31.6 Å². The van der Waals surface area contributed by atoms with Crippen LogP contribution in [0.3, 0.4) is 0 Å². The van der Waals surface area contributed by atoms with Crippen molar-refractivity contribution in [3.05, 3.63) is 0 Å². The Kier molecular flexibility index (Phi) is 7.76. The van der Waals surface area contributed by atoms with Gasteiger partial charge in [-0.2, -0.15) is 8.78 Å². The molecule has 0 radical (unpaired) electrons. The standard InChI is InChI=1S/C20H27F9O2/c21-12-3-1-2-10(6-12)11-7-15(23)18(16(24)8-11)19(25,26)30-13-4-5-17(14(22)9-13)31-20(27,28)29/h10-18H,1-9H2. The molecule has 11 heteroatoms. The Morgan fingerprint density at radius 2 is 1.26 bits per heavy atom. The van der Waals surface area contributed by atoms with Gasteiger partial charge in [-0.05, 0) is 56.8 Å². The van der Waals surface area contributed by atoms with E-state index in [2.05, 4.69) is 9.47 Å². The van der Waals surface area contributed by atoms with Gasteiger partial charge in [-0.1, -0.05) is 6.42 Å². The molecule has 3 aliphatic carbocycles. The minimum Gasteiger partial charge on any atom is -0.317 e. The molecule has 0 bridgehead atoms. The highest BCUT2D eigenvalue weighted by Crippen LogP contribution is 2.48. The van der Waals surface area contributed by atoms with E-state index in [0.717, 1.165) is 0 Å². The molecule has 3 saturated carbocycles. The largest absolute Gasteiger partial charge is 0.522 e. The lowest BCUT2D eigenvalue weighted by Crippen LogP contribution is -2.51. The minimum atomic E-state index is -5.06. The summed E-state index contributed by atoms with van der Waals surface area (Å²) in [6.45, 7) is 0. The highest BCUT2D eigenvalue weighted by molar-refractivity contribution is 4.95. The quantitative estimate of drug-likeness (QED) is 0.421. The smallest absolute Gasteiger partial charge is 0.317 e. The molecule has 0 N–H and O–H groups in total. The summed E-state index contributed by atoms with van der Waals surface area (Å²) in [6.07, 6.45) is -20.9. The summed E-state index contributed by atoms with van der Waals surface area (Å²) in [7, 11) is 0. The molecular formula is C20H27F9O2. The molecule has 182 valence electrons. The number of hydrogen-bond donors (Lipinski definition) is 0. The summed E-state index contributed by atoms with van der Waals surface area (Å²) in [5.41, 5.74) is 0. The van der Waals surface area contributed by atoms with Crippen LogP contribution >= 0.6 is 0 Å². The van der Waals surface area contributed by atoms with E-state index < -0.39 is 74.0 Å². The van der Waals surface area contributed by atoms with Crippen molar-refractivity contribution in [1.29, 1.82) is 0 Å². The van der Waals surface area contributed by atoms with Crippen LogP contribution in [-0.4, -0.2) is 49.4 Å². The summed E-state index contributed by atoms with van der Waals surface area (Å²) < 4.78 is 131. The lowest BCUT2D eigenvalue weighted by atomic mass is 9.69. The molecule has 7 unspecified atom stereocenters. The Labute approximate surface area is 174 Å². The molecule has 2 nitrogen and oxygen atoms in total. The lowest BCUT2D eigenvalue weighted by Gasteiger charge is -2.43. The number of rotatable bonds is 5. The molecule has 0 heterocycles. The van der Waals surface area contributed by atoms with Crippen LogP contribution in [0.5, 0.6) is 0 Å². The van der Waals surface area contributed by atoms with Gasteiger partial charge >= 0.3 is 12.5 Å². The third-order valence-electron chi connectivity index (χ3n) is 6.81. The molecule has 3 rings (SSSR count). The van der Waals surface area contributed by atoms with Gasteiger partial charge < -0.3 is 4.74 Å². The molecule has 0 aliphatic heterocycles. The normalized spacial score (nSPS) is 43.1. The van der Waals surface area contributed by atoms with Crippen molar-refractivity contribution < 1.29 is 49.0 Å². The first kappa shape index (κ1) is 24.9. The zero-order chi connectivity index (χ0) is 23.0. The van der Waals surface area contributed by atoms with Gasteiger partial charge in [-0.3, -0.25) is 4.74 Å². The van der Waals surface area contributed by atoms with Gasteiger partial charge in [0.15, 0.2) is 0 Å². The fourth-order valence-corrected chi connectivity index (χ4v) is 5.36. The van der Waals surface area contributed by atoms with Crippen molar-refractivity contribution in [2.45, 2.75) is 107 Å². The van der Waals surface area contributed by atoms with E-state index in [1.165, 1.54) is 0 Å². The van der Waals surface area contributed by atoms with Gasteiger partial charge in [0, 0.05) is 6.42 Å². The SMILES string of the molecule is FC1CCCC(C2CC(F)C(C(F)(F)OC3CCC(OC(F)(F)F)C(F)C3)C(F)C2)C1. The van der Waals surface area contributed by atoms with Gasteiger partial charge in [0.1, 0.15) is 30.6 Å². The Morgan fingerprint density at radius 3 is 1.81 bits per heavy atom. The Morgan fingerprint density at radius 1 is 0.613 bits per heavy atom. The molecule has 0 spiro atoms. The second kappa shape index (κ2) is 9.65. The van der Waals surface area contributed by atoms with E-state index in [4.69, 9.17) is 0 Å². The highest BCUT2D eigenvalue weighted by Gasteiger charge is 2.56. The second-order valence-electron chi connectivity index (χ2n) is 9.05. The van der Waals surface area contributed by atoms with Crippen LogP contribution in [-0.2, 0) is 9.47 Å². The predicted molar refractivity (Wildman–Crippen MR) is 92.4 cm³/mol. The van der Waals surface area contributed by atoms with Gasteiger partial charge in [0.05, 0.1) is 12.2 Å². The first-order valence-electron chi connectivity index (χ1n) is 10.7. The van der Waals surface area contributed by atoms with Gasteiger partial charge in [-0.15, -0.1) is 13.2 Å². The highest BCUT2D eigenvalue weighted by atomic mass is 19.4. The third-order valence-corrected chi connectivity index (χ3v) is 6.81. The van der Waals surface area contributed by atoms with Gasteiger partial charge in [0.2, 0.25) is 0 Å². The van der Waals surface area contributed by atoms with E-state index >= 15 is 0 Å². The minimum absolute atomic E-state index is 0.169. The van der Waals surface area contributed by atoms with Gasteiger partial charge in [-0.25, -0.2) is 17.6 Å². The van der Waals surface area contributed by atoms with Crippen LogP contribution in [0.4, 0.5) is 39.5 Å². The number of alkyl halides is 9. The van der Waals surface area contributed by atoms with Crippen molar-refractivity contribution in [2.24, 2.45) is 17.8 Å². The van der Waals surface area contributed by atoms with Crippen LogP contribution in [0.2, 0.25) is 0 Å². The maximum absolute atomic E-state index is 14.7. The predicted octanol–water partition coefficient (Wildman–Crippen LogP) is 6.62. The summed E-state index contributed by atoms with van der Waals surface area (Å²) in [6, 6.07) is 0. The molecule has 0 amide bonds. The first-order valence-corrected chi connectivity index (χ1v) is 10.7. The maximum Gasteiger partial charge on any atom is 0.522 e. The van der Waals surface area contributed by atoms with Crippen molar-refractivity contribution in [3.63, 3.8) is 0 Å². The van der Waals surface area contributed by atoms with E-state index in [1.54, 1.807) is 0 Å². The van der Waals surface area contributed by atoms with E-state index in [0.29, 0.717) is 19.3 Å². The maximum atomic E-state index is 14.7. The monoisotopic (exact) mass is 470 g/mol.